The Morgan fingerprint density at radius 2 is 1.74 bits per heavy atom. The molecule has 5 rings (SSSR count). The molecule has 2 aliphatic rings. The molecule has 1 saturated heterocycles. The summed E-state index contributed by atoms with van der Waals surface area (Å²) in [6, 6.07) is 13.9. The number of nitrogens with one attached hydrogen (secondary N) is 1. The molecule has 2 heterocycles. The van der Waals surface area contributed by atoms with Gasteiger partial charge in [-0.25, -0.2) is 4.39 Å². The van der Waals surface area contributed by atoms with Crippen LogP contribution in [0.4, 0.5) is 9.18 Å². The summed E-state index contributed by atoms with van der Waals surface area (Å²) in [7, 11) is 5.18. The lowest BCUT2D eigenvalue weighted by Crippen LogP contribution is -2.45. The number of piperazine rings is 1. The molecule has 0 bridgehead atoms. The molecule has 10 heteroatoms. The summed E-state index contributed by atoms with van der Waals surface area (Å²) in [6.45, 7) is 5.27. The summed E-state index contributed by atoms with van der Waals surface area (Å²) < 4.78 is 25.8. The van der Waals surface area contributed by atoms with E-state index in [2.05, 4.69) is 15.2 Å². The summed E-state index contributed by atoms with van der Waals surface area (Å²) in [5, 5.41) is 2.87. The largest absolute Gasteiger partial charge is 0.495 e. The predicted molar refractivity (Wildman–Crippen MR) is 167 cm³/mol. The number of halogens is 1. The second-order valence-corrected chi connectivity index (χ2v) is 11.5. The number of thioether (sulfide) groups is 1. The zero-order valence-corrected chi connectivity index (χ0v) is 25.6. The van der Waals surface area contributed by atoms with Gasteiger partial charge in [0.1, 0.15) is 22.2 Å². The number of carbonyl (C=O) groups excluding carboxylic acids is 2. The van der Waals surface area contributed by atoms with Crippen LogP contribution in [0.15, 0.2) is 65.2 Å². The van der Waals surface area contributed by atoms with E-state index >= 15 is 0 Å². The number of likely N-dealkylation sites (N-methyl/N-ethyl adjacent to an activating group) is 1. The van der Waals surface area contributed by atoms with Gasteiger partial charge in [0, 0.05) is 32.4 Å². The van der Waals surface area contributed by atoms with Crippen LogP contribution in [0.3, 0.4) is 0 Å². The standard InChI is InChI=1S/C33H35FN4O4S/c1-21-26(25-9-8-23(34)18-28(25)27(21)19-31(39)36-20-24-7-5-6-10-35-24)15-22-16-29(41-3)32(30(17-22)42-4)43-33(40)38-13-11-37(2)12-14-38/h5-10,15-18H,11-14,19-20H2,1-4H3,(H,36,39)/b26-15-. The monoisotopic (exact) mass is 602 g/mol. The maximum absolute atomic E-state index is 14.4. The first-order chi connectivity index (χ1) is 20.8. The molecular formula is C33H35FN4O4S. The molecule has 3 aromatic rings. The molecular weight excluding hydrogens is 567 g/mol. The Hall–Kier alpha value is -4.15. The van der Waals surface area contributed by atoms with Gasteiger partial charge in [-0.15, -0.1) is 0 Å². The quantitative estimate of drug-likeness (QED) is 0.330. The second-order valence-electron chi connectivity index (χ2n) is 10.5. The van der Waals surface area contributed by atoms with Gasteiger partial charge in [-0.1, -0.05) is 12.1 Å². The Labute approximate surface area is 255 Å². The van der Waals surface area contributed by atoms with Crippen molar-refractivity contribution in [2.45, 2.75) is 24.8 Å². The van der Waals surface area contributed by atoms with Crippen LogP contribution >= 0.6 is 11.8 Å². The average molecular weight is 603 g/mol. The Kier molecular flexibility index (Phi) is 9.47. The first kappa shape index (κ1) is 30.3. The molecule has 2 aromatic carbocycles. The van der Waals surface area contributed by atoms with E-state index in [1.165, 1.54) is 12.1 Å². The molecule has 43 heavy (non-hydrogen) atoms. The number of hydrogen-bond acceptors (Lipinski definition) is 7. The van der Waals surface area contributed by atoms with Crippen molar-refractivity contribution in [1.82, 2.24) is 20.1 Å². The highest BCUT2D eigenvalue weighted by Gasteiger charge is 2.27. The molecule has 0 radical (unpaired) electrons. The van der Waals surface area contributed by atoms with Crippen LogP contribution in [-0.2, 0) is 11.3 Å². The van der Waals surface area contributed by atoms with Gasteiger partial charge in [0.15, 0.2) is 0 Å². The van der Waals surface area contributed by atoms with Crippen molar-refractivity contribution in [2.24, 2.45) is 0 Å². The molecule has 1 aliphatic heterocycles. The maximum Gasteiger partial charge on any atom is 0.286 e. The van der Waals surface area contributed by atoms with Crippen LogP contribution in [0, 0.1) is 5.82 Å². The van der Waals surface area contributed by atoms with Gasteiger partial charge in [0.2, 0.25) is 5.91 Å². The lowest BCUT2D eigenvalue weighted by molar-refractivity contribution is -0.120. The highest BCUT2D eigenvalue weighted by atomic mass is 32.2. The van der Waals surface area contributed by atoms with Crippen LogP contribution in [0.25, 0.3) is 17.2 Å². The number of amides is 2. The van der Waals surface area contributed by atoms with Gasteiger partial charge >= 0.3 is 0 Å². The van der Waals surface area contributed by atoms with Gasteiger partial charge in [-0.05, 0) is 102 Å². The number of allylic oxidation sites excluding steroid dienone is 2. The molecule has 1 aromatic heterocycles. The molecule has 2 amide bonds. The van der Waals surface area contributed by atoms with E-state index in [-0.39, 0.29) is 23.4 Å². The molecule has 0 unspecified atom stereocenters. The third kappa shape index (κ3) is 6.92. The predicted octanol–water partition coefficient (Wildman–Crippen LogP) is 5.73. The van der Waals surface area contributed by atoms with Crippen LogP contribution in [0.2, 0.25) is 0 Å². The minimum absolute atomic E-state index is 0.0488. The highest BCUT2D eigenvalue weighted by Crippen LogP contribution is 2.46. The third-order valence-electron chi connectivity index (χ3n) is 7.73. The average Bonchev–Trinajstić information content (AvgIpc) is 3.26. The van der Waals surface area contributed by atoms with Crippen molar-refractivity contribution in [3.63, 3.8) is 0 Å². The van der Waals surface area contributed by atoms with Crippen LogP contribution in [-0.4, -0.2) is 73.4 Å². The molecule has 8 nitrogen and oxygen atoms in total. The van der Waals surface area contributed by atoms with E-state index in [1.807, 2.05) is 55.3 Å². The van der Waals surface area contributed by atoms with Crippen molar-refractivity contribution >= 4 is 40.1 Å². The number of carbonyl (C=O) groups is 2. The lowest BCUT2D eigenvalue weighted by Gasteiger charge is -2.32. The summed E-state index contributed by atoms with van der Waals surface area (Å²) >= 11 is 1.10. The van der Waals surface area contributed by atoms with E-state index in [0.717, 1.165) is 58.4 Å². The number of aromatic nitrogens is 1. The van der Waals surface area contributed by atoms with Crippen LogP contribution in [0.5, 0.6) is 11.5 Å². The fourth-order valence-corrected chi connectivity index (χ4v) is 6.26. The molecule has 1 aliphatic carbocycles. The number of benzene rings is 2. The van der Waals surface area contributed by atoms with Crippen molar-refractivity contribution in [3.8, 4) is 11.5 Å². The molecule has 1 N–H and O–H groups in total. The smallest absolute Gasteiger partial charge is 0.286 e. The van der Waals surface area contributed by atoms with Crippen molar-refractivity contribution in [1.29, 1.82) is 0 Å². The topological polar surface area (TPSA) is 84.0 Å². The van der Waals surface area contributed by atoms with Crippen LogP contribution in [0.1, 0.15) is 35.7 Å². The van der Waals surface area contributed by atoms with Crippen molar-refractivity contribution in [3.05, 3.63) is 88.5 Å². The van der Waals surface area contributed by atoms with Gasteiger partial charge < -0.3 is 24.6 Å². The van der Waals surface area contributed by atoms with E-state index in [1.54, 1.807) is 26.5 Å². The van der Waals surface area contributed by atoms with Gasteiger partial charge in [0.05, 0.1) is 32.9 Å². The number of methoxy groups -OCH3 is 2. The number of pyridine rings is 1. The lowest BCUT2D eigenvalue weighted by atomic mass is 10.0. The first-order valence-corrected chi connectivity index (χ1v) is 14.9. The van der Waals surface area contributed by atoms with Gasteiger partial charge in [-0.2, -0.15) is 0 Å². The molecule has 0 atom stereocenters. The molecule has 224 valence electrons. The number of nitrogens with zero attached hydrogens (tertiary/aromatic N) is 3. The SMILES string of the molecule is COc1cc(/C=C2/C(C)=C(CC(=O)NCc3ccccn3)c3cc(F)ccc32)cc(OC)c1SC(=O)N1CCN(C)CC1. The molecule has 0 saturated carbocycles. The molecule has 0 spiro atoms. The number of ether oxygens (including phenoxy) is 2. The number of fused-ring (bicyclic) bond motifs is 1. The van der Waals surface area contributed by atoms with Crippen molar-refractivity contribution < 1.29 is 23.5 Å². The van der Waals surface area contributed by atoms with E-state index in [9.17, 15) is 14.0 Å². The minimum atomic E-state index is -0.367. The molecule has 1 fully saturated rings. The zero-order chi connectivity index (χ0) is 30.5. The van der Waals surface area contributed by atoms with E-state index in [4.69, 9.17) is 9.47 Å². The normalized spacial score (nSPS) is 15.9. The Balaban J connectivity index is 1.43. The number of rotatable bonds is 8. The number of hydrogen-bond donors (Lipinski definition) is 1. The van der Waals surface area contributed by atoms with E-state index < -0.39 is 0 Å². The summed E-state index contributed by atoms with van der Waals surface area (Å²) in [5.74, 6) is 0.499. The third-order valence-corrected chi connectivity index (χ3v) is 8.77. The fraction of sp³-hybridized carbons (Fsp3) is 0.303. The zero-order valence-electron chi connectivity index (χ0n) is 24.8. The summed E-state index contributed by atoms with van der Waals surface area (Å²) in [4.78, 5) is 35.0. The maximum atomic E-state index is 14.4. The Bertz CT molecular complexity index is 1560. The minimum Gasteiger partial charge on any atom is -0.495 e. The Morgan fingerprint density at radius 1 is 1.02 bits per heavy atom. The summed E-state index contributed by atoms with van der Waals surface area (Å²) in [5.41, 5.74) is 5.61. The van der Waals surface area contributed by atoms with Gasteiger partial charge in [0.25, 0.3) is 5.24 Å². The fourth-order valence-electron chi connectivity index (χ4n) is 5.29. The van der Waals surface area contributed by atoms with Crippen LogP contribution < -0.4 is 14.8 Å². The van der Waals surface area contributed by atoms with Gasteiger partial charge in [-0.3, -0.25) is 14.6 Å². The highest BCUT2D eigenvalue weighted by molar-refractivity contribution is 8.13. The summed E-state index contributed by atoms with van der Waals surface area (Å²) in [6.07, 6.45) is 3.76. The van der Waals surface area contributed by atoms with Crippen molar-refractivity contribution in [2.75, 3.05) is 47.4 Å². The second kappa shape index (κ2) is 13.4. The Morgan fingerprint density at radius 3 is 2.40 bits per heavy atom. The van der Waals surface area contributed by atoms with E-state index in [0.29, 0.717) is 41.6 Å². The first-order valence-electron chi connectivity index (χ1n) is 14.1.